The lowest BCUT2D eigenvalue weighted by molar-refractivity contribution is -0.117. The number of hydrogen-bond acceptors (Lipinski definition) is 6. The standard InChI is InChI=1S/C24H32N4O4/c1-15-11-27(23(30)32-12-19-8-24(19,3)4)22-7-17(5-6-21(22)28(15)16(2)29)18(9-25)10-26-20-13-31-14-20/h5-7,9-10,15,19-20H,8,11-14,25H2,1-4H3/t15-,19?/m0/s1. The minimum Gasteiger partial charge on any atom is -0.449 e. The zero-order chi connectivity index (χ0) is 23.0. The molecule has 172 valence electrons. The second-order valence-electron chi connectivity index (χ2n) is 9.61. The SMILES string of the molecule is CC(=O)N1c2ccc(C(C=NC3COC3)=CN)cc2N(C(=O)OCC2CC2(C)C)C[C@@H]1C. The van der Waals surface area contributed by atoms with E-state index in [0.29, 0.717) is 43.7 Å². The number of anilines is 2. The number of hydrogen-bond donors (Lipinski definition) is 1. The van der Waals surface area contributed by atoms with Crippen LogP contribution >= 0.6 is 0 Å². The molecule has 32 heavy (non-hydrogen) atoms. The van der Waals surface area contributed by atoms with Crippen molar-refractivity contribution >= 4 is 35.2 Å². The molecule has 0 bridgehead atoms. The molecule has 0 aromatic heterocycles. The molecule has 8 nitrogen and oxygen atoms in total. The number of rotatable bonds is 5. The number of fused-ring (bicyclic) bond motifs is 1. The fourth-order valence-corrected chi connectivity index (χ4v) is 4.28. The molecular formula is C24H32N4O4. The summed E-state index contributed by atoms with van der Waals surface area (Å²) in [6, 6.07) is 5.61. The molecule has 1 aromatic rings. The number of carbonyl (C=O) groups is 2. The highest BCUT2D eigenvalue weighted by Gasteiger charge is 2.46. The van der Waals surface area contributed by atoms with Crippen molar-refractivity contribution in [2.75, 3.05) is 36.2 Å². The van der Waals surface area contributed by atoms with Crippen molar-refractivity contribution in [3.8, 4) is 0 Å². The third-order valence-electron chi connectivity index (χ3n) is 6.66. The highest BCUT2D eigenvalue weighted by Crippen LogP contribution is 2.51. The van der Waals surface area contributed by atoms with Gasteiger partial charge in [0.25, 0.3) is 0 Å². The van der Waals surface area contributed by atoms with Gasteiger partial charge in [0, 0.05) is 31.5 Å². The zero-order valence-electron chi connectivity index (χ0n) is 19.2. The molecule has 1 saturated carbocycles. The van der Waals surface area contributed by atoms with E-state index in [9.17, 15) is 9.59 Å². The molecule has 2 aliphatic heterocycles. The van der Waals surface area contributed by atoms with Crippen LogP contribution in [0.1, 0.15) is 39.7 Å². The van der Waals surface area contributed by atoms with Gasteiger partial charge in [0.2, 0.25) is 5.91 Å². The number of amides is 2. The molecule has 2 heterocycles. The highest BCUT2D eigenvalue weighted by molar-refractivity contribution is 6.11. The van der Waals surface area contributed by atoms with Crippen molar-refractivity contribution in [1.82, 2.24) is 0 Å². The number of allylic oxidation sites excluding steroid dienone is 1. The van der Waals surface area contributed by atoms with Gasteiger partial charge in [0.05, 0.1) is 43.3 Å². The molecule has 2 fully saturated rings. The fraction of sp³-hybridized carbons (Fsp3) is 0.542. The van der Waals surface area contributed by atoms with Crippen LogP contribution in [0.5, 0.6) is 0 Å². The van der Waals surface area contributed by atoms with Crippen LogP contribution in [-0.2, 0) is 14.3 Å². The van der Waals surface area contributed by atoms with E-state index >= 15 is 0 Å². The van der Waals surface area contributed by atoms with Crippen LogP contribution in [0.25, 0.3) is 5.57 Å². The normalized spacial score (nSPS) is 24.8. The number of nitrogens with zero attached hydrogens (tertiary/aromatic N) is 3. The summed E-state index contributed by atoms with van der Waals surface area (Å²) in [7, 11) is 0. The molecule has 0 spiro atoms. The van der Waals surface area contributed by atoms with Crippen molar-refractivity contribution in [1.29, 1.82) is 0 Å². The monoisotopic (exact) mass is 440 g/mol. The number of aliphatic imine (C=N–C) groups is 1. The maximum absolute atomic E-state index is 13.1. The van der Waals surface area contributed by atoms with E-state index in [4.69, 9.17) is 15.2 Å². The van der Waals surface area contributed by atoms with Crippen molar-refractivity contribution in [3.63, 3.8) is 0 Å². The highest BCUT2D eigenvalue weighted by atomic mass is 16.6. The lowest BCUT2D eigenvalue weighted by Gasteiger charge is -2.40. The van der Waals surface area contributed by atoms with Crippen molar-refractivity contribution in [2.24, 2.45) is 22.1 Å². The summed E-state index contributed by atoms with van der Waals surface area (Å²) in [6.45, 7) is 9.82. The Labute approximate surface area is 189 Å². The number of carbonyl (C=O) groups excluding carboxylic acids is 2. The van der Waals surface area contributed by atoms with Crippen LogP contribution in [-0.4, -0.2) is 56.7 Å². The Morgan fingerprint density at radius 3 is 2.59 bits per heavy atom. The molecule has 3 aliphatic rings. The minimum absolute atomic E-state index is 0.0691. The quantitative estimate of drug-likeness (QED) is 0.709. The second kappa shape index (κ2) is 8.58. The van der Waals surface area contributed by atoms with E-state index in [1.54, 1.807) is 16.0 Å². The van der Waals surface area contributed by atoms with Gasteiger partial charge in [-0.25, -0.2) is 4.79 Å². The first-order chi connectivity index (χ1) is 15.2. The maximum Gasteiger partial charge on any atom is 0.414 e. The van der Waals surface area contributed by atoms with Crippen LogP contribution in [0.15, 0.2) is 29.4 Å². The van der Waals surface area contributed by atoms with E-state index in [-0.39, 0.29) is 29.5 Å². The predicted molar refractivity (Wildman–Crippen MR) is 125 cm³/mol. The molecule has 1 saturated heterocycles. The molecule has 2 N–H and O–H groups in total. The molecule has 1 unspecified atom stereocenters. The second-order valence-corrected chi connectivity index (χ2v) is 9.61. The average molecular weight is 441 g/mol. The third-order valence-corrected chi connectivity index (χ3v) is 6.66. The molecule has 1 aromatic carbocycles. The topological polar surface area (TPSA) is 97.5 Å². The van der Waals surface area contributed by atoms with Gasteiger partial charge in [0.1, 0.15) is 0 Å². The van der Waals surface area contributed by atoms with Gasteiger partial charge in [-0.05, 0) is 42.4 Å². The number of nitrogens with two attached hydrogens (primary N) is 1. The Hall–Kier alpha value is -2.87. The van der Waals surface area contributed by atoms with Crippen molar-refractivity contribution < 1.29 is 19.1 Å². The zero-order valence-corrected chi connectivity index (χ0v) is 19.2. The number of benzene rings is 1. The average Bonchev–Trinajstić information content (AvgIpc) is 3.33. The molecular weight excluding hydrogens is 408 g/mol. The van der Waals surface area contributed by atoms with Gasteiger partial charge >= 0.3 is 6.09 Å². The van der Waals surface area contributed by atoms with E-state index < -0.39 is 0 Å². The van der Waals surface area contributed by atoms with E-state index in [2.05, 4.69) is 18.8 Å². The summed E-state index contributed by atoms with van der Waals surface area (Å²) < 4.78 is 10.8. The minimum atomic E-state index is -0.389. The number of ether oxygens (including phenoxy) is 2. The lowest BCUT2D eigenvalue weighted by atomic mass is 10.0. The van der Waals surface area contributed by atoms with Crippen LogP contribution in [0, 0.1) is 11.3 Å². The van der Waals surface area contributed by atoms with Gasteiger partial charge in [-0.3, -0.25) is 14.7 Å². The molecule has 4 rings (SSSR count). The molecule has 8 heteroatoms. The van der Waals surface area contributed by atoms with Crippen LogP contribution in [0.4, 0.5) is 16.2 Å². The van der Waals surface area contributed by atoms with E-state index in [1.807, 2.05) is 25.1 Å². The molecule has 0 radical (unpaired) electrons. The predicted octanol–water partition coefficient (Wildman–Crippen LogP) is 3.20. The van der Waals surface area contributed by atoms with Crippen LogP contribution in [0.3, 0.4) is 0 Å². The van der Waals surface area contributed by atoms with E-state index in [1.165, 1.54) is 13.1 Å². The van der Waals surface area contributed by atoms with Crippen molar-refractivity contribution in [2.45, 2.75) is 46.2 Å². The summed E-state index contributed by atoms with van der Waals surface area (Å²) in [4.78, 5) is 33.3. The molecule has 1 aliphatic carbocycles. The van der Waals surface area contributed by atoms with Gasteiger partial charge in [-0.15, -0.1) is 0 Å². The smallest absolute Gasteiger partial charge is 0.414 e. The van der Waals surface area contributed by atoms with Crippen LogP contribution in [0.2, 0.25) is 0 Å². The Morgan fingerprint density at radius 1 is 1.31 bits per heavy atom. The third kappa shape index (κ3) is 4.37. The summed E-state index contributed by atoms with van der Waals surface area (Å²) in [5, 5.41) is 0. The fourth-order valence-electron chi connectivity index (χ4n) is 4.28. The Balaban J connectivity index is 1.62. The lowest BCUT2D eigenvalue weighted by Crippen LogP contribution is -2.51. The Kier molecular flexibility index (Phi) is 5.99. The first-order valence-electron chi connectivity index (χ1n) is 11.1. The van der Waals surface area contributed by atoms with Gasteiger partial charge in [-0.2, -0.15) is 0 Å². The first kappa shape index (κ1) is 22.3. The van der Waals surface area contributed by atoms with Gasteiger partial charge < -0.3 is 20.1 Å². The maximum atomic E-state index is 13.1. The van der Waals surface area contributed by atoms with E-state index in [0.717, 1.165) is 17.6 Å². The largest absolute Gasteiger partial charge is 0.449 e. The van der Waals surface area contributed by atoms with Gasteiger partial charge in [-0.1, -0.05) is 19.9 Å². The first-order valence-corrected chi connectivity index (χ1v) is 11.1. The summed E-state index contributed by atoms with van der Waals surface area (Å²) in [5.41, 5.74) is 8.98. The Morgan fingerprint density at radius 2 is 2.03 bits per heavy atom. The molecule has 2 atom stereocenters. The summed E-state index contributed by atoms with van der Waals surface area (Å²) in [5.74, 6) is 0.326. The van der Waals surface area contributed by atoms with Crippen molar-refractivity contribution in [3.05, 3.63) is 30.0 Å². The summed E-state index contributed by atoms with van der Waals surface area (Å²) >= 11 is 0. The van der Waals surface area contributed by atoms with Gasteiger partial charge in [0.15, 0.2) is 0 Å². The molecule has 2 amide bonds. The Bertz CT molecular complexity index is 967. The van der Waals surface area contributed by atoms with Crippen LogP contribution < -0.4 is 15.5 Å². The summed E-state index contributed by atoms with van der Waals surface area (Å²) in [6.07, 6.45) is 3.91.